The van der Waals surface area contributed by atoms with E-state index in [2.05, 4.69) is 32.1 Å². The zero-order valence-corrected chi connectivity index (χ0v) is 20.5. The van der Waals surface area contributed by atoms with Crippen molar-refractivity contribution in [2.75, 3.05) is 20.4 Å². The fraction of sp³-hybridized carbons (Fsp3) is 0.833. The average molecular weight is 457 g/mol. The summed E-state index contributed by atoms with van der Waals surface area (Å²) < 4.78 is 35.8. The van der Waals surface area contributed by atoms with Gasteiger partial charge in [0.05, 0.1) is 12.2 Å². The summed E-state index contributed by atoms with van der Waals surface area (Å²) >= 11 is 0. The monoisotopic (exact) mass is 456 g/mol. The number of rotatable bonds is 11. The lowest BCUT2D eigenvalue weighted by atomic mass is 9.76. The first kappa shape index (κ1) is 25.1. The molecule has 1 saturated carbocycles. The van der Waals surface area contributed by atoms with Gasteiger partial charge in [-0.3, -0.25) is 4.57 Å². The maximum atomic E-state index is 12.9. The Bertz CT molecular complexity index is 684. The Labute approximate surface area is 187 Å². The first-order valence-corrected chi connectivity index (χ1v) is 13.7. The zero-order chi connectivity index (χ0) is 22.5. The molecule has 1 unspecified atom stereocenters. The molecule has 1 N–H and O–H groups in total. The van der Waals surface area contributed by atoms with Gasteiger partial charge in [-0.1, -0.05) is 57.3 Å². The summed E-state index contributed by atoms with van der Waals surface area (Å²) in [6.45, 7) is 4.32. The maximum absolute atomic E-state index is 12.9. The standard InChI is InChI=1S/C24H41O6P/c1-5-6-7-8-9-10-11-14-21-18(2)16-20-19-13-12-15-22(19)30-24(25,23(20)29-21)17-31(26,27-3)28-4/h11,14,16,19-23,25H,5-10,12-13,15,17H2,1-4H3/b14-11+/t19-,20-,21-,22+,23-,24?/m1/s1. The number of hydrogen-bond donors (Lipinski definition) is 1. The predicted octanol–water partition coefficient (Wildman–Crippen LogP) is 5.61. The molecule has 0 radical (unpaired) electrons. The Balaban J connectivity index is 1.74. The Morgan fingerprint density at radius 3 is 2.68 bits per heavy atom. The van der Waals surface area contributed by atoms with E-state index in [-0.39, 0.29) is 24.3 Å². The molecule has 0 aromatic rings. The third-order valence-corrected chi connectivity index (χ3v) is 9.06. The smallest absolute Gasteiger partial charge is 0.335 e. The molecule has 7 heteroatoms. The molecule has 2 heterocycles. The fourth-order valence-electron chi connectivity index (χ4n) is 5.36. The van der Waals surface area contributed by atoms with Crippen molar-refractivity contribution in [3.05, 3.63) is 23.8 Å². The average Bonchev–Trinajstić information content (AvgIpc) is 3.21. The molecule has 2 aliphatic heterocycles. The van der Waals surface area contributed by atoms with Crippen molar-refractivity contribution in [2.45, 2.75) is 95.7 Å². The SMILES string of the molecule is CCCCCCC/C=C/[C@H]1O[C@@H]2[C@H](C=C1C)[C@H]1CCC[C@@H]1OC2(O)CP(=O)(OC)OC. The van der Waals surface area contributed by atoms with E-state index in [1.165, 1.54) is 51.9 Å². The first-order chi connectivity index (χ1) is 14.9. The summed E-state index contributed by atoms with van der Waals surface area (Å²) in [5, 5.41) is 11.6. The summed E-state index contributed by atoms with van der Waals surface area (Å²) in [4.78, 5) is 0. The van der Waals surface area contributed by atoms with Crippen LogP contribution in [0.4, 0.5) is 0 Å². The van der Waals surface area contributed by atoms with Gasteiger partial charge in [-0.15, -0.1) is 0 Å². The van der Waals surface area contributed by atoms with Crippen LogP contribution in [0.3, 0.4) is 0 Å². The number of hydrogen-bond acceptors (Lipinski definition) is 6. The number of unbranched alkanes of at least 4 members (excludes halogenated alkanes) is 5. The van der Waals surface area contributed by atoms with Gasteiger partial charge in [0, 0.05) is 20.1 Å². The van der Waals surface area contributed by atoms with Crippen LogP contribution in [0.15, 0.2) is 23.8 Å². The Kier molecular flexibility index (Phi) is 8.99. The van der Waals surface area contributed by atoms with E-state index in [0.717, 1.165) is 25.7 Å². The minimum absolute atomic E-state index is 0.0344. The normalized spacial score (nSPS) is 35.8. The molecule has 6 atom stereocenters. The summed E-state index contributed by atoms with van der Waals surface area (Å²) in [5.41, 5.74) is 1.17. The molecule has 0 aromatic heterocycles. The van der Waals surface area contributed by atoms with E-state index in [1.807, 2.05) is 0 Å². The van der Waals surface area contributed by atoms with Gasteiger partial charge in [-0.2, -0.15) is 0 Å². The molecule has 0 aromatic carbocycles. The second kappa shape index (κ2) is 11.1. The van der Waals surface area contributed by atoms with E-state index in [9.17, 15) is 9.67 Å². The van der Waals surface area contributed by atoms with Gasteiger partial charge in [-0.25, -0.2) is 0 Å². The van der Waals surface area contributed by atoms with Crippen LogP contribution in [0.1, 0.15) is 71.6 Å². The van der Waals surface area contributed by atoms with Crippen LogP contribution in [-0.4, -0.2) is 49.6 Å². The molecule has 3 rings (SSSR count). The van der Waals surface area contributed by atoms with Gasteiger partial charge in [0.25, 0.3) is 0 Å². The van der Waals surface area contributed by atoms with Crippen molar-refractivity contribution in [3.63, 3.8) is 0 Å². The minimum atomic E-state index is -3.48. The topological polar surface area (TPSA) is 74.2 Å². The number of allylic oxidation sites excluding steroid dienone is 1. The Morgan fingerprint density at radius 2 is 1.97 bits per heavy atom. The molecule has 1 saturated heterocycles. The van der Waals surface area contributed by atoms with E-state index in [4.69, 9.17) is 18.5 Å². The number of fused-ring (bicyclic) bond motifs is 3. The molecular formula is C24H41O6P. The van der Waals surface area contributed by atoms with Gasteiger partial charge < -0.3 is 23.6 Å². The van der Waals surface area contributed by atoms with Crippen LogP contribution >= 0.6 is 7.60 Å². The predicted molar refractivity (Wildman–Crippen MR) is 122 cm³/mol. The third kappa shape index (κ3) is 5.90. The lowest BCUT2D eigenvalue weighted by molar-refractivity contribution is -0.323. The molecule has 3 aliphatic rings. The molecule has 0 bridgehead atoms. The van der Waals surface area contributed by atoms with Gasteiger partial charge in [0.1, 0.15) is 12.3 Å². The lowest BCUT2D eigenvalue weighted by Crippen LogP contribution is -2.62. The summed E-state index contributed by atoms with van der Waals surface area (Å²) in [6, 6.07) is 0. The van der Waals surface area contributed by atoms with Gasteiger partial charge in [0.15, 0.2) is 0 Å². The first-order valence-electron chi connectivity index (χ1n) is 12.0. The van der Waals surface area contributed by atoms with Crippen LogP contribution in [-0.2, 0) is 23.1 Å². The van der Waals surface area contributed by atoms with E-state index in [1.54, 1.807) is 0 Å². The lowest BCUT2D eigenvalue weighted by Gasteiger charge is -2.51. The molecule has 6 nitrogen and oxygen atoms in total. The van der Waals surface area contributed by atoms with Crippen molar-refractivity contribution < 1.29 is 28.2 Å². The highest BCUT2D eigenvalue weighted by atomic mass is 31.2. The maximum Gasteiger partial charge on any atom is 0.335 e. The minimum Gasteiger partial charge on any atom is -0.363 e. The van der Waals surface area contributed by atoms with Crippen LogP contribution in [0.25, 0.3) is 0 Å². The quantitative estimate of drug-likeness (QED) is 0.248. The summed E-state index contributed by atoms with van der Waals surface area (Å²) in [7, 11) is -0.808. The van der Waals surface area contributed by atoms with Crippen LogP contribution in [0.2, 0.25) is 0 Å². The van der Waals surface area contributed by atoms with Gasteiger partial charge in [-0.05, 0) is 44.1 Å². The van der Waals surface area contributed by atoms with Crippen molar-refractivity contribution in [1.29, 1.82) is 0 Å². The molecule has 0 amide bonds. The highest BCUT2D eigenvalue weighted by Crippen LogP contribution is 2.55. The third-order valence-electron chi connectivity index (χ3n) is 7.11. The molecule has 2 fully saturated rings. The van der Waals surface area contributed by atoms with E-state index >= 15 is 0 Å². The fourth-order valence-corrected chi connectivity index (χ4v) is 6.58. The number of ether oxygens (including phenoxy) is 2. The summed E-state index contributed by atoms with van der Waals surface area (Å²) in [5.74, 6) is -1.36. The van der Waals surface area contributed by atoms with Crippen molar-refractivity contribution in [3.8, 4) is 0 Å². The molecule has 1 aliphatic carbocycles. The van der Waals surface area contributed by atoms with Crippen LogP contribution < -0.4 is 0 Å². The van der Waals surface area contributed by atoms with Gasteiger partial charge in [0.2, 0.25) is 5.79 Å². The number of aliphatic hydroxyl groups is 1. The Hall–Kier alpha value is -0.490. The highest BCUT2D eigenvalue weighted by molar-refractivity contribution is 7.53. The van der Waals surface area contributed by atoms with Gasteiger partial charge >= 0.3 is 7.60 Å². The largest absolute Gasteiger partial charge is 0.363 e. The highest BCUT2D eigenvalue weighted by Gasteiger charge is 2.59. The summed E-state index contributed by atoms with van der Waals surface area (Å²) in [6.07, 6.45) is 15.7. The van der Waals surface area contributed by atoms with E-state index < -0.39 is 19.5 Å². The second-order valence-corrected chi connectivity index (χ2v) is 11.6. The molecule has 0 spiro atoms. The van der Waals surface area contributed by atoms with Crippen LogP contribution in [0, 0.1) is 11.8 Å². The van der Waals surface area contributed by atoms with Crippen LogP contribution in [0.5, 0.6) is 0 Å². The molecular weight excluding hydrogens is 415 g/mol. The van der Waals surface area contributed by atoms with Crippen molar-refractivity contribution in [2.24, 2.45) is 11.8 Å². The van der Waals surface area contributed by atoms with Crippen molar-refractivity contribution in [1.82, 2.24) is 0 Å². The zero-order valence-electron chi connectivity index (χ0n) is 19.6. The Morgan fingerprint density at radius 1 is 1.23 bits per heavy atom. The van der Waals surface area contributed by atoms with E-state index in [0.29, 0.717) is 5.92 Å². The molecule has 31 heavy (non-hydrogen) atoms. The van der Waals surface area contributed by atoms with Crippen molar-refractivity contribution >= 4 is 7.60 Å². The second-order valence-electron chi connectivity index (χ2n) is 9.33. The molecule has 178 valence electrons.